The molecule has 5 nitrogen and oxygen atoms in total. The molecule has 0 atom stereocenters. The topological polar surface area (TPSA) is 53.1 Å². The molecule has 0 fully saturated rings. The first kappa shape index (κ1) is 20.7. The van der Waals surface area contributed by atoms with Crippen LogP contribution in [0.25, 0.3) is 11.3 Å². The molecule has 0 saturated heterocycles. The van der Waals surface area contributed by atoms with Crippen molar-refractivity contribution in [2.45, 2.75) is 12.8 Å². The van der Waals surface area contributed by atoms with E-state index in [0.717, 1.165) is 48.6 Å². The Kier molecular flexibility index (Phi) is 7.53. The van der Waals surface area contributed by atoms with Gasteiger partial charge >= 0.3 is 0 Å². The highest BCUT2D eigenvalue weighted by Gasteiger charge is 2.07. The minimum Gasteiger partial charge on any atom is -0.370 e. The lowest BCUT2D eigenvalue weighted by molar-refractivity contribution is 0.405. The van der Waals surface area contributed by atoms with Crippen molar-refractivity contribution in [3.63, 3.8) is 0 Å². The maximum atomic E-state index is 13.1. The number of hydrogen-bond donors (Lipinski definition) is 2. The van der Waals surface area contributed by atoms with E-state index in [1.807, 2.05) is 48.5 Å². The van der Waals surface area contributed by atoms with Crippen LogP contribution in [0.1, 0.15) is 12.0 Å². The van der Waals surface area contributed by atoms with Gasteiger partial charge in [-0.1, -0.05) is 42.5 Å². The van der Waals surface area contributed by atoms with E-state index in [1.54, 1.807) is 0 Å². The predicted molar refractivity (Wildman–Crippen MR) is 118 cm³/mol. The molecule has 0 aliphatic carbocycles. The van der Waals surface area contributed by atoms with Gasteiger partial charge in [0, 0.05) is 24.7 Å². The van der Waals surface area contributed by atoms with Crippen molar-refractivity contribution >= 4 is 11.8 Å². The van der Waals surface area contributed by atoms with E-state index >= 15 is 0 Å². The van der Waals surface area contributed by atoms with Crippen molar-refractivity contribution in [2.75, 3.05) is 44.4 Å². The molecular formula is C23H28FN5. The Balaban J connectivity index is 1.68. The predicted octanol–water partition coefficient (Wildman–Crippen LogP) is 4.30. The summed E-state index contributed by atoms with van der Waals surface area (Å²) in [5.74, 6) is 1.18. The van der Waals surface area contributed by atoms with Crippen LogP contribution in [0.15, 0.2) is 60.7 Å². The van der Waals surface area contributed by atoms with Crippen LogP contribution in [0.2, 0.25) is 0 Å². The number of halogens is 1. The van der Waals surface area contributed by atoms with Crippen LogP contribution in [-0.2, 0) is 6.42 Å². The zero-order valence-electron chi connectivity index (χ0n) is 17.0. The summed E-state index contributed by atoms with van der Waals surface area (Å²) in [7, 11) is 4.13. The van der Waals surface area contributed by atoms with Gasteiger partial charge in [0.15, 0.2) is 0 Å². The second kappa shape index (κ2) is 10.5. The Hall–Kier alpha value is -2.99. The Morgan fingerprint density at radius 3 is 2.38 bits per heavy atom. The maximum absolute atomic E-state index is 13.1. The van der Waals surface area contributed by atoms with E-state index < -0.39 is 0 Å². The minimum absolute atomic E-state index is 0.213. The first-order valence-electron chi connectivity index (χ1n) is 9.91. The highest BCUT2D eigenvalue weighted by Crippen LogP contribution is 2.21. The lowest BCUT2D eigenvalue weighted by Crippen LogP contribution is -2.17. The largest absolute Gasteiger partial charge is 0.370 e. The maximum Gasteiger partial charge on any atom is 0.225 e. The molecule has 0 saturated carbocycles. The van der Waals surface area contributed by atoms with Gasteiger partial charge in [0.1, 0.15) is 11.6 Å². The monoisotopic (exact) mass is 393 g/mol. The van der Waals surface area contributed by atoms with Gasteiger partial charge in [-0.15, -0.1) is 0 Å². The molecule has 0 amide bonds. The quantitative estimate of drug-likeness (QED) is 0.503. The van der Waals surface area contributed by atoms with Crippen LogP contribution in [0, 0.1) is 5.82 Å². The summed E-state index contributed by atoms with van der Waals surface area (Å²) in [5, 5.41) is 6.71. The van der Waals surface area contributed by atoms with E-state index in [9.17, 15) is 4.39 Å². The molecule has 0 spiro atoms. The van der Waals surface area contributed by atoms with Gasteiger partial charge in [-0.25, -0.2) is 9.37 Å². The zero-order valence-corrected chi connectivity index (χ0v) is 17.0. The molecule has 1 aromatic heterocycles. The van der Waals surface area contributed by atoms with Gasteiger partial charge in [-0.3, -0.25) is 0 Å². The molecule has 0 unspecified atom stereocenters. The summed E-state index contributed by atoms with van der Waals surface area (Å²) in [6.07, 6.45) is 1.80. The van der Waals surface area contributed by atoms with Gasteiger partial charge in [0.25, 0.3) is 0 Å². The van der Waals surface area contributed by atoms with Gasteiger partial charge in [0.2, 0.25) is 5.95 Å². The van der Waals surface area contributed by atoms with E-state index in [-0.39, 0.29) is 5.82 Å². The van der Waals surface area contributed by atoms with Gasteiger partial charge in [0.05, 0.1) is 5.69 Å². The van der Waals surface area contributed by atoms with E-state index in [4.69, 9.17) is 0 Å². The molecule has 152 valence electrons. The molecule has 3 rings (SSSR count). The molecule has 0 aliphatic heterocycles. The SMILES string of the molecule is CN(C)CCCNc1nc(NCCc2ccc(F)cc2)cc(-c2ccccc2)n1. The number of nitrogens with one attached hydrogen (secondary N) is 2. The molecule has 1 heterocycles. The summed E-state index contributed by atoms with van der Waals surface area (Å²) >= 11 is 0. The van der Waals surface area contributed by atoms with Gasteiger partial charge in [-0.05, 0) is 51.2 Å². The number of aromatic nitrogens is 2. The van der Waals surface area contributed by atoms with Crippen molar-refractivity contribution in [1.82, 2.24) is 14.9 Å². The Morgan fingerprint density at radius 2 is 1.66 bits per heavy atom. The fraction of sp³-hybridized carbons (Fsp3) is 0.304. The van der Waals surface area contributed by atoms with E-state index in [0.29, 0.717) is 12.5 Å². The molecular weight excluding hydrogens is 365 g/mol. The third kappa shape index (κ3) is 6.84. The molecule has 0 aliphatic rings. The molecule has 0 bridgehead atoms. The fourth-order valence-electron chi connectivity index (χ4n) is 2.96. The normalized spacial score (nSPS) is 10.9. The molecule has 6 heteroatoms. The molecule has 2 N–H and O–H groups in total. The third-order valence-electron chi connectivity index (χ3n) is 4.49. The standard InChI is InChI=1S/C23H28FN5/c1-29(2)16-6-14-26-23-27-21(19-7-4-3-5-8-19)17-22(28-23)25-15-13-18-9-11-20(24)12-10-18/h3-5,7-12,17H,6,13-16H2,1-2H3,(H2,25,26,27,28). The van der Waals surface area contributed by atoms with Gasteiger partial charge in [-0.2, -0.15) is 4.98 Å². The van der Waals surface area contributed by atoms with Crippen molar-refractivity contribution in [1.29, 1.82) is 0 Å². The minimum atomic E-state index is -0.213. The number of benzene rings is 2. The highest BCUT2D eigenvalue weighted by atomic mass is 19.1. The van der Waals surface area contributed by atoms with Crippen molar-refractivity contribution in [3.05, 3.63) is 72.0 Å². The molecule has 3 aromatic rings. The number of rotatable bonds is 10. The highest BCUT2D eigenvalue weighted by molar-refractivity contribution is 5.64. The van der Waals surface area contributed by atoms with Crippen LogP contribution in [-0.4, -0.2) is 48.6 Å². The van der Waals surface area contributed by atoms with Crippen LogP contribution in [0.5, 0.6) is 0 Å². The third-order valence-corrected chi connectivity index (χ3v) is 4.49. The van der Waals surface area contributed by atoms with Crippen molar-refractivity contribution in [3.8, 4) is 11.3 Å². The first-order chi connectivity index (χ1) is 14.1. The smallest absolute Gasteiger partial charge is 0.225 e. The average Bonchev–Trinajstić information content (AvgIpc) is 2.73. The van der Waals surface area contributed by atoms with E-state index in [2.05, 4.69) is 39.6 Å². The summed E-state index contributed by atoms with van der Waals surface area (Å²) in [6.45, 7) is 2.52. The number of nitrogens with zero attached hydrogens (tertiary/aromatic N) is 3. The van der Waals surface area contributed by atoms with Crippen LogP contribution >= 0.6 is 0 Å². The Morgan fingerprint density at radius 1 is 0.897 bits per heavy atom. The lowest BCUT2D eigenvalue weighted by Gasteiger charge is -2.13. The first-order valence-corrected chi connectivity index (χ1v) is 9.91. The zero-order chi connectivity index (χ0) is 20.5. The fourth-order valence-corrected chi connectivity index (χ4v) is 2.96. The average molecular weight is 394 g/mol. The van der Waals surface area contributed by atoms with E-state index in [1.165, 1.54) is 12.1 Å². The Labute approximate surface area is 172 Å². The van der Waals surface area contributed by atoms with Crippen LogP contribution in [0.3, 0.4) is 0 Å². The molecule has 29 heavy (non-hydrogen) atoms. The number of anilines is 2. The summed E-state index contributed by atoms with van der Waals surface area (Å²) in [5.41, 5.74) is 3.01. The van der Waals surface area contributed by atoms with Crippen LogP contribution < -0.4 is 10.6 Å². The van der Waals surface area contributed by atoms with Crippen molar-refractivity contribution in [2.24, 2.45) is 0 Å². The summed E-state index contributed by atoms with van der Waals surface area (Å²) < 4.78 is 13.1. The second-order valence-electron chi connectivity index (χ2n) is 7.21. The van der Waals surface area contributed by atoms with Gasteiger partial charge < -0.3 is 15.5 Å². The molecule has 2 aromatic carbocycles. The summed E-state index contributed by atoms with van der Waals surface area (Å²) in [6, 6.07) is 18.6. The van der Waals surface area contributed by atoms with Crippen molar-refractivity contribution < 1.29 is 4.39 Å². The molecule has 0 radical (unpaired) electrons. The number of hydrogen-bond acceptors (Lipinski definition) is 5. The second-order valence-corrected chi connectivity index (χ2v) is 7.21. The Bertz CT molecular complexity index is 882. The lowest BCUT2D eigenvalue weighted by atomic mass is 10.1. The summed E-state index contributed by atoms with van der Waals surface area (Å²) in [4.78, 5) is 11.5. The van der Waals surface area contributed by atoms with Crippen LogP contribution in [0.4, 0.5) is 16.2 Å².